The maximum atomic E-state index is 13.3. The smallest absolute Gasteiger partial charge is 0.311 e. The van der Waals surface area contributed by atoms with Crippen LogP contribution >= 0.6 is 0 Å². The summed E-state index contributed by atoms with van der Waals surface area (Å²) in [4.78, 5) is 22.4. The number of hydrogen-bond donors (Lipinski definition) is 0. The van der Waals surface area contributed by atoms with Crippen LogP contribution in [0.4, 0.5) is 0 Å². The molecule has 2 heterocycles. The number of rotatable bonds is 7. The van der Waals surface area contributed by atoms with Crippen LogP contribution in [0.3, 0.4) is 0 Å². The summed E-state index contributed by atoms with van der Waals surface area (Å²) in [5, 5.41) is 2.21. The predicted molar refractivity (Wildman–Crippen MR) is 140 cm³/mol. The van der Waals surface area contributed by atoms with Crippen molar-refractivity contribution >= 4 is 5.97 Å². The van der Waals surface area contributed by atoms with Crippen LogP contribution in [0, 0.1) is 11.8 Å². The van der Waals surface area contributed by atoms with E-state index in [1.165, 1.54) is 19.1 Å². The lowest BCUT2D eigenvalue weighted by Gasteiger charge is -2.51. The van der Waals surface area contributed by atoms with Gasteiger partial charge < -0.3 is 4.74 Å². The quantitative estimate of drug-likeness (QED) is 0.444. The molecule has 2 aliphatic heterocycles. The fraction of sp³-hybridized carbons (Fsp3) is 0.567. The molecule has 4 atom stereocenters. The summed E-state index contributed by atoms with van der Waals surface area (Å²) in [6.45, 7) is 12.5. The van der Waals surface area contributed by atoms with Crippen LogP contribution in [0.25, 0.3) is 0 Å². The lowest BCUT2D eigenvalue weighted by Crippen LogP contribution is -2.58. The van der Waals surface area contributed by atoms with Crippen molar-refractivity contribution in [1.82, 2.24) is 9.96 Å². The van der Waals surface area contributed by atoms with Gasteiger partial charge in [-0.25, -0.2) is 0 Å². The van der Waals surface area contributed by atoms with Gasteiger partial charge in [0.1, 0.15) is 0 Å². The van der Waals surface area contributed by atoms with E-state index in [9.17, 15) is 4.79 Å². The van der Waals surface area contributed by atoms with E-state index in [0.29, 0.717) is 6.61 Å². The predicted octanol–water partition coefficient (Wildman–Crippen LogP) is 6.18. The number of hydroxylamine groups is 2. The summed E-state index contributed by atoms with van der Waals surface area (Å²) in [6.07, 6.45) is 3.41. The van der Waals surface area contributed by atoms with Crippen molar-refractivity contribution in [3.05, 3.63) is 71.8 Å². The molecule has 0 spiro atoms. The SMILES string of the molecule is COC(=O)[C@H]1[C@@H](CON2C(C)(C)CCCC2(C)C)CN([C@H](C)c2ccccc2)[C@@H]1c1ccccc1. The van der Waals surface area contributed by atoms with Crippen molar-refractivity contribution < 1.29 is 14.4 Å². The van der Waals surface area contributed by atoms with Crippen LogP contribution in [-0.4, -0.2) is 47.3 Å². The zero-order valence-electron chi connectivity index (χ0n) is 22.2. The third-order valence-electron chi connectivity index (χ3n) is 8.14. The number of methoxy groups -OCH3 is 1. The van der Waals surface area contributed by atoms with Crippen LogP contribution in [-0.2, 0) is 14.4 Å². The van der Waals surface area contributed by atoms with Gasteiger partial charge in [0.05, 0.1) is 19.6 Å². The number of piperidine rings is 1. The number of likely N-dealkylation sites (tertiary alicyclic amines) is 1. The molecule has 2 aliphatic rings. The highest BCUT2D eigenvalue weighted by Crippen LogP contribution is 2.47. The summed E-state index contributed by atoms with van der Waals surface area (Å²) in [7, 11) is 1.50. The van der Waals surface area contributed by atoms with E-state index in [1.807, 2.05) is 12.1 Å². The first-order chi connectivity index (χ1) is 16.7. The Morgan fingerprint density at radius 1 is 0.971 bits per heavy atom. The Hall–Kier alpha value is -2.21. The van der Waals surface area contributed by atoms with E-state index in [4.69, 9.17) is 9.57 Å². The molecule has 4 rings (SSSR count). The molecular weight excluding hydrogens is 436 g/mol. The number of esters is 1. The molecule has 2 saturated heterocycles. The molecule has 2 aromatic rings. The van der Waals surface area contributed by atoms with Crippen molar-refractivity contribution in [2.75, 3.05) is 20.3 Å². The van der Waals surface area contributed by atoms with Gasteiger partial charge in [-0.05, 0) is 65.0 Å². The fourth-order valence-corrected chi connectivity index (χ4v) is 6.44. The highest BCUT2D eigenvalue weighted by molar-refractivity contribution is 5.74. The second-order valence-corrected chi connectivity index (χ2v) is 11.5. The molecule has 190 valence electrons. The summed E-state index contributed by atoms with van der Waals surface area (Å²) < 4.78 is 5.39. The molecule has 0 N–H and O–H groups in total. The second-order valence-electron chi connectivity index (χ2n) is 11.5. The largest absolute Gasteiger partial charge is 0.469 e. The van der Waals surface area contributed by atoms with Crippen molar-refractivity contribution in [2.45, 2.75) is 77.0 Å². The molecule has 5 nitrogen and oxygen atoms in total. The first-order valence-electron chi connectivity index (χ1n) is 13.0. The van der Waals surface area contributed by atoms with Gasteiger partial charge in [-0.3, -0.25) is 14.5 Å². The highest BCUT2D eigenvalue weighted by Gasteiger charge is 2.50. The van der Waals surface area contributed by atoms with Crippen molar-refractivity contribution in [1.29, 1.82) is 0 Å². The highest BCUT2D eigenvalue weighted by atomic mass is 16.7. The van der Waals surface area contributed by atoms with E-state index in [0.717, 1.165) is 24.9 Å². The van der Waals surface area contributed by atoms with E-state index in [-0.39, 0.29) is 41.0 Å². The Labute approximate surface area is 211 Å². The van der Waals surface area contributed by atoms with Crippen LogP contribution < -0.4 is 0 Å². The molecule has 2 aromatic carbocycles. The number of benzene rings is 2. The Morgan fingerprint density at radius 2 is 1.54 bits per heavy atom. The lowest BCUT2D eigenvalue weighted by molar-refractivity contribution is -0.286. The minimum atomic E-state index is -0.301. The molecular formula is C30H42N2O3. The maximum Gasteiger partial charge on any atom is 0.311 e. The third-order valence-corrected chi connectivity index (χ3v) is 8.14. The van der Waals surface area contributed by atoms with E-state index >= 15 is 0 Å². The Morgan fingerprint density at radius 3 is 2.11 bits per heavy atom. The third kappa shape index (κ3) is 5.32. The normalized spacial score (nSPS) is 27.4. The number of nitrogens with zero attached hydrogens (tertiary/aromatic N) is 2. The summed E-state index contributed by atoms with van der Waals surface area (Å²) in [6, 6.07) is 21.0. The van der Waals surface area contributed by atoms with Crippen LogP contribution in [0.15, 0.2) is 60.7 Å². The lowest BCUT2D eigenvalue weighted by atomic mass is 9.82. The van der Waals surface area contributed by atoms with Crippen LogP contribution in [0.5, 0.6) is 0 Å². The maximum absolute atomic E-state index is 13.3. The Bertz CT molecular complexity index is 960. The first-order valence-corrected chi connectivity index (χ1v) is 13.0. The van der Waals surface area contributed by atoms with Crippen molar-refractivity contribution in [3.63, 3.8) is 0 Å². The first kappa shape index (κ1) is 25.9. The topological polar surface area (TPSA) is 42.0 Å². The second kappa shape index (κ2) is 10.4. The van der Waals surface area contributed by atoms with Gasteiger partial charge >= 0.3 is 5.97 Å². The molecule has 0 bridgehead atoms. The molecule has 35 heavy (non-hydrogen) atoms. The van der Waals surface area contributed by atoms with Gasteiger partial charge in [0, 0.05) is 35.6 Å². The molecule has 0 unspecified atom stereocenters. The molecule has 0 radical (unpaired) electrons. The zero-order chi connectivity index (χ0) is 25.2. The fourth-order valence-electron chi connectivity index (χ4n) is 6.44. The number of carbonyl (C=O) groups is 1. The standard InChI is InChI=1S/C30H42N2O3/c1-22(23-14-9-7-10-15-23)31-20-25(21-35-32-29(2,3)18-13-19-30(32,4)5)26(28(33)34-6)27(31)24-16-11-8-12-17-24/h7-12,14-17,22,25-27H,13,18-21H2,1-6H3/t22-,25-,26+,27-/m1/s1. The Kier molecular flexibility index (Phi) is 7.70. The molecule has 5 heteroatoms. The number of hydrogen-bond acceptors (Lipinski definition) is 5. The van der Waals surface area contributed by atoms with Crippen LogP contribution in [0.2, 0.25) is 0 Å². The molecule has 0 aliphatic carbocycles. The average molecular weight is 479 g/mol. The summed E-state index contributed by atoms with van der Waals surface area (Å²) in [5.74, 6) is -0.440. The molecule has 0 amide bonds. The van der Waals surface area contributed by atoms with Gasteiger partial charge in [0.25, 0.3) is 0 Å². The monoisotopic (exact) mass is 478 g/mol. The minimum absolute atomic E-state index is 0.0207. The molecule has 0 saturated carbocycles. The zero-order valence-corrected chi connectivity index (χ0v) is 22.2. The molecule has 2 fully saturated rings. The van der Waals surface area contributed by atoms with Gasteiger partial charge in [-0.2, -0.15) is 5.06 Å². The summed E-state index contributed by atoms with van der Waals surface area (Å²) in [5.41, 5.74) is 2.30. The minimum Gasteiger partial charge on any atom is -0.469 e. The Balaban J connectivity index is 1.66. The van der Waals surface area contributed by atoms with Gasteiger partial charge in [-0.15, -0.1) is 0 Å². The van der Waals surface area contributed by atoms with Crippen LogP contribution in [0.1, 0.15) is 77.1 Å². The van der Waals surface area contributed by atoms with Gasteiger partial charge in [-0.1, -0.05) is 60.7 Å². The number of ether oxygens (including phenoxy) is 1. The van der Waals surface area contributed by atoms with Gasteiger partial charge in [0.15, 0.2) is 0 Å². The van der Waals surface area contributed by atoms with E-state index in [1.54, 1.807) is 0 Å². The van der Waals surface area contributed by atoms with E-state index in [2.05, 4.69) is 93.1 Å². The van der Waals surface area contributed by atoms with Crippen molar-refractivity contribution in [2.24, 2.45) is 11.8 Å². The van der Waals surface area contributed by atoms with Gasteiger partial charge in [0.2, 0.25) is 0 Å². The summed E-state index contributed by atoms with van der Waals surface area (Å²) >= 11 is 0. The van der Waals surface area contributed by atoms with E-state index < -0.39 is 0 Å². The average Bonchev–Trinajstić information content (AvgIpc) is 3.22. The van der Waals surface area contributed by atoms with Crippen molar-refractivity contribution in [3.8, 4) is 0 Å². The molecule has 0 aromatic heterocycles. The number of carbonyl (C=O) groups excluding carboxylic acids is 1.